The first kappa shape index (κ1) is 15.5. The molecule has 0 aliphatic carbocycles. The fourth-order valence-corrected chi connectivity index (χ4v) is 2.82. The van der Waals surface area contributed by atoms with Gasteiger partial charge in [-0.25, -0.2) is 0 Å². The smallest absolute Gasteiger partial charge is 0.0779 e. The van der Waals surface area contributed by atoms with E-state index in [0.717, 1.165) is 13.2 Å². The highest BCUT2D eigenvalue weighted by molar-refractivity contribution is 5.24. The highest BCUT2D eigenvalue weighted by atomic mass is 16.5. The molecule has 0 aromatic heterocycles. The SMILES string of the molecule is CCCCc1ccc(C(C)NCC2(C)CCCO2)cc1. The summed E-state index contributed by atoms with van der Waals surface area (Å²) in [5, 5.41) is 3.62. The van der Waals surface area contributed by atoms with Crippen molar-refractivity contribution in [3.8, 4) is 0 Å². The fraction of sp³-hybridized carbons (Fsp3) is 0.667. The van der Waals surface area contributed by atoms with E-state index in [0.29, 0.717) is 6.04 Å². The predicted octanol–water partition coefficient (Wildman–Crippen LogP) is 4.25. The Balaban J connectivity index is 1.84. The van der Waals surface area contributed by atoms with Crippen LogP contribution >= 0.6 is 0 Å². The van der Waals surface area contributed by atoms with Crippen molar-refractivity contribution in [2.45, 2.75) is 64.5 Å². The van der Waals surface area contributed by atoms with E-state index in [1.165, 1.54) is 43.2 Å². The normalized spacial score (nSPS) is 23.9. The van der Waals surface area contributed by atoms with Gasteiger partial charge in [0, 0.05) is 19.2 Å². The Morgan fingerprint density at radius 3 is 2.65 bits per heavy atom. The minimum absolute atomic E-state index is 0.0370. The first-order valence-corrected chi connectivity index (χ1v) is 8.09. The first-order valence-electron chi connectivity index (χ1n) is 8.09. The minimum Gasteiger partial charge on any atom is -0.374 e. The Labute approximate surface area is 123 Å². The fourth-order valence-electron chi connectivity index (χ4n) is 2.82. The van der Waals surface area contributed by atoms with Gasteiger partial charge >= 0.3 is 0 Å². The molecule has 0 amide bonds. The van der Waals surface area contributed by atoms with Gasteiger partial charge in [0.25, 0.3) is 0 Å². The van der Waals surface area contributed by atoms with E-state index in [1.54, 1.807) is 0 Å². The maximum absolute atomic E-state index is 5.83. The van der Waals surface area contributed by atoms with Crippen molar-refractivity contribution in [1.82, 2.24) is 5.32 Å². The molecule has 0 saturated carbocycles. The second-order valence-corrected chi connectivity index (χ2v) is 6.35. The van der Waals surface area contributed by atoms with Crippen LogP contribution in [-0.4, -0.2) is 18.8 Å². The van der Waals surface area contributed by atoms with Crippen molar-refractivity contribution in [1.29, 1.82) is 0 Å². The van der Waals surface area contributed by atoms with Crippen LogP contribution in [0.4, 0.5) is 0 Å². The van der Waals surface area contributed by atoms with Crippen molar-refractivity contribution >= 4 is 0 Å². The third-order valence-electron chi connectivity index (χ3n) is 4.38. The van der Waals surface area contributed by atoms with E-state index < -0.39 is 0 Å². The Morgan fingerprint density at radius 2 is 2.05 bits per heavy atom. The standard InChI is InChI=1S/C18H29NO/c1-4-5-7-16-8-10-17(11-9-16)15(2)19-14-18(3)12-6-13-20-18/h8-11,15,19H,4-7,12-14H2,1-3H3. The average Bonchev–Trinajstić information content (AvgIpc) is 2.90. The van der Waals surface area contributed by atoms with Crippen molar-refractivity contribution in [2.24, 2.45) is 0 Å². The van der Waals surface area contributed by atoms with Gasteiger partial charge in [0.2, 0.25) is 0 Å². The number of ether oxygens (including phenoxy) is 1. The maximum atomic E-state index is 5.83. The molecule has 1 aromatic carbocycles. The van der Waals surface area contributed by atoms with E-state index in [9.17, 15) is 0 Å². The third-order valence-corrected chi connectivity index (χ3v) is 4.38. The lowest BCUT2D eigenvalue weighted by Crippen LogP contribution is -2.38. The summed E-state index contributed by atoms with van der Waals surface area (Å²) in [5.41, 5.74) is 2.86. The molecule has 1 aromatic rings. The summed E-state index contributed by atoms with van der Waals surface area (Å²) in [6, 6.07) is 9.46. The number of nitrogens with one attached hydrogen (secondary N) is 1. The van der Waals surface area contributed by atoms with Gasteiger partial charge in [0.15, 0.2) is 0 Å². The van der Waals surface area contributed by atoms with Gasteiger partial charge in [0.1, 0.15) is 0 Å². The van der Waals surface area contributed by atoms with Crippen LogP contribution in [0.1, 0.15) is 63.6 Å². The van der Waals surface area contributed by atoms with Gasteiger partial charge in [0.05, 0.1) is 5.60 Å². The van der Waals surface area contributed by atoms with Gasteiger partial charge < -0.3 is 10.1 Å². The number of rotatable bonds is 7. The molecule has 1 aliphatic rings. The Morgan fingerprint density at radius 1 is 1.30 bits per heavy atom. The summed E-state index contributed by atoms with van der Waals surface area (Å²) < 4.78 is 5.83. The van der Waals surface area contributed by atoms with Crippen molar-refractivity contribution in [3.05, 3.63) is 35.4 Å². The number of unbranched alkanes of at least 4 members (excludes halogenated alkanes) is 1. The van der Waals surface area contributed by atoms with E-state index in [-0.39, 0.29) is 5.60 Å². The van der Waals surface area contributed by atoms with Crippen LogP contribution in [0.15, 0.2) is 24.3 Å². The van der Waals surface area contributed by atoms with Crippen LogP contribution in [0.25, 0.3) is 0 Å². The molecule has 112 valence electrons. The largest absolute Gasteiger partial charge is 0.374 e. The molecular weight excluding hydrogens is 246 g/mol. The van der Waals surface area contributed by atoms with Gasteiger partial charge in [-0.15, -0.1) is 0 Å². The van der Waals surface area contributed by atoms with Crippen LogP contribution in [-0.2, 0) is 11.2 Å². The second kappa shape index (κ2) is 7.24. The minimum atomic E-state index is 0.0370. The van der Waals surface area contributed by atoms with E-state index in [4.69, 9.17) is 4.74 Å². The lowest BCUT2D eigenvalue weighted by Gasteiger charge is -2.26. The third kappa shape index (κ3) is 4.32. The second-order valence-electron chi connectivity index (χ2n) is 6.35. The first-order chi connectivity index (χ1) is 9.63. The number of hydrogen-bond acceptors (Lipinski definition) is 2. The van der Waals surface area contributed by atoms with Gasteiger partial charge in [-0.2, -0.15) is 0 Å². The molecule has 1 saturated heterocycles. The summed E-state index contributed by atoms with van der Waals surface area (Å²) in [7, 11) is 0. The molecular formula is C18H29NO. The highest BCUT2D eigenvalue weighted by Gasteiger charge is 2.29. The van der Waals surface area contributed by atoms with Crippen LogP contribution in [0.5, 0.6) is 0 Å². The molecule has 1 aliphatic heterocycles. The molecule has 2 nitrogen and oxygen atoms in total. The zero-order valence-electron chi connectivity index (χ0n) is 13.2. The summed E-state index contributed by atoms with van der Waals surface area (Å²) in [6.45, 7) is 8.55. The number of aryl methyl sites for hydroxylation is 1. The predicted molar refractivity (Wildman–Crippen MR) is 85.1 cm³/mol. The molecule has 0 bridgehead atoms. The molecule has 20 heavy (non-hydrogen) atoms. The summed E-state index contributed by atoms with van der Waals surface area (Å²) >= 11 is 0. The maximum Gasteiger partial charge on any atom is 0.0779 e. The van der Waals surface area contributed by atoms with Gasteiger partial charge in [-0.1, -0.05) is 37.6 Å². The van der Waals surface area contributed by atoms with Gasteiger partial charge in [-0.05, 0) is 50.7 Å². The molecule has 2 rings (SSSR count). The van der Waals surface area contributed by atoms with Crippen molar-refractivity contribution in [3.63, 3.8) is 0 Å². The molecule has 1 fully saturated rings. The van der Waals surface area contributed by atoms with Crippen molar-refractivity contribution < 1.29 is 4.74 Å². The zero-order valence-corrected chi connectivity index (χ0v) is 13.2. The Hall–Kier alpha value is -0.860. The topological polar surface area (TPSA) is 21.3 Å². The van der Waals surface area contributed by atoms with Crippen LogP contribution < -0.4 is 5.32 Å². The summed E-state index contributed by atoms with van der Waals surface area (Å²) in [6.07, 6.45) is 6.10. The van der Waals surface area contributed by atoms with E-state index in [2.05, 4.69) is 50.4 Å². The molecule has 2 heteroatoms. The van der Waals surface area contributed by atoms with Gasteiger partial charge in [-0.3, -0.25) is 0 Å². The van der Waals surface area contributed by atoms with Crippen molar-refractivity contribution in [2.75, 3.05) is 13.2 Å². The van der Waals surface area contributed by atoms with Crippen LogP contribution in [0, 0.1) is 0 Å². The van der Waals surface area contributed by atoms with E-state index in [1.807, 2.05) is 0 Å². The summed E-state index contributed by atoms with van der Waals surface area (Å²) in [4.78, 5) is 0. The molecule has 2 unspecified atom stereocenters. The lowest BCUT2D eigenvalue weighted by atomic mass is 10.0. The van der Waals surface area contributed by atoms with Crippen LogP contribution in [0.3, 0.4) is 0 Å². The highest BCUT2D eigenvalue weighted by Crippen LogP contribution is 2.25. The Kier molecular flexibility index (Phi) is 5.62. The number of hydrogen-bond donors (Lipinski definition) is 1. The quantitative estimate of drug-likeness (QED) is 0.803. The Bertz CT molecular complexity index is 392. The molecule has 1 heterocycles. The zero-order chi connectivity index (χ0) is 14.4. The lowest BCUT2D eigenvalue weighted by molar-refractivity contribution is 0.0191. The molecule has 0 spiro atoms. The molecule has 2 atom stereocenters. The van der Waals surface area contributed by atoms with Crippen LogP contribution in [0.2, 0.25) is 0 Å². The molecule has 0 radical (unpaired) electrons. The number of benzene rings is 1. The monoisotopic (exact) mass is 275 g/mol. The average molecular weight is 275 g/mol. The molecule has 1 N–H and O–H groups in total. The van der Waals surface area contributed by atoms with E-state index >= 15 is 0 Å². The summed E-state index contributed by atoms with van der Waals surface area (Å²) in [5.74, 6) is 0.